The zero-order valence-corrected chi connectivity index (χ0v) is 12.0. The van der Waals surface area contributed by atoms with Gasteiger partial charge in [-0.15, -0.1) is 0 Å². The third-order valence-electron chi connectivity index (χ3n) is 3.37. The van der Waals surface area contributed by atoms with Crippen molar-refractivity contribution in [1.82, 2.24) is 4.90 Å². The van der Waals surface area contributed by atoms with E-state index in [1.165, 1.54) is 4.90 Å². The van der Waals surface area contributed by atoms with Crippen LogP contribution in [0.5, 0.6) is 0 Å². The highest BCUT2D eigenvalue weighted by atomic mass is 79.9. The number of amides is 1. The summed E-state index contributed by atoms with van der Waals surface area (Å²) in [7, 11) is 1.66. The first-order valence-corrected chi connectivity index (χ1v) is 7.40. The van der Waals surface area contributed by atoms with Gasteiger partial charge in [0.2, 0.25) is 0 Å². The number of unbranched alkanes of at least 4 members (excludes halogenated alkanes) is 1. The van der Waals surface area contributed by atoms with Crippen molar-refractivity contribution in [1.29, 1.82) is 0 Å². The minimum atomic E-state index is -0.827. The maximum absolute atomic E-state index is 10.8. The van der Waals surface area contributed by atoms with Crippen molar-refractivity contribution in [3.8, 4) is 0 Å². The number of carbonyl (C=O) groups is 1. The molecule has 100 valence electrons. The van der Waals surface area contributed by atoms with E-state index in [0.29, 0.717) is 6.10 Å². The molecule has 0 spiro atoms. The second kappa shape index (κ2) is 7.93. The van der Waals surface area contributed by atoms with Crippen LogP contribution in [0, 0.1) is 0 Å². The molecule has 0 aromatic rings. The highest BCUT2D eigenvalue weighted by Crippen LogP contribution is 2.24. The van der Waals surface area contributed by atoms with Gasteiger partial charge in [0, 0.05) is 25.0 Å². The van der Waals surface area contributed by atoms with Crippen molar-refractivity contribution in [2.45, 2.75) is 50.7 Å². The van der Waals surface area contributed by atoms with E-state index in [1.54, 1.807) is 7.05 Å². The van der Waals surface area contributed by atoms with E-state index in [0.717, 1.165) is 50.5 Å². The highest BCUT2D eigenvalue weighted by molar-refractivity contribution is 9.09. The zero-order chi connectivity index (χ0) is 12.7. The lowest BCUT2D eigenvalue weighted by Gasteiger charge is -2.33. The summed E-state index contributed by atoms with van der Waals surface area (Å²) in [5, 5.41) is 9.93. The summed E-state index contributed by atoms with van der Waals surface area (Å²) < 4.78 is 5.79. The fourth-order valence-electron chi connectivity index (χ4n) is 2.20. The van der Waals surface area contributed by atoms with Crippen molar-refractivity contribution < 1.29 is 14.6 Å². The van der Waals surface area contributed by atoms with Crippen molar-refractivity contribution >= 4 is 22.0 Å². The Morgan fingerprint density at radius 1 is 1.35 bits per heavy atom. The fourth-order valence-corrected chi connectivity index (χ4v) is 2.60. The minimum absolute atomic E-state index is 0.176. The Morgan fingerprint density at radius 2 is 2.00 bits per heavy atom. The van der Waals surface area contributed by atoms with Gasteiger partial charge in [-0.3, -0.25) is 0 Å². The Balaban J connectivity index is 2.15. The molecule has 0 radical (unpaired) electrons. The summed E-state index contributed by atoms with van der Waals surface area (Å²) in [6.07, 6.45) is 5.57. The number of hydrogen-bond donors (Lipinski definition) is 1. The topological polar surface area (TPSA) is 49.8 Å². The van der Waals surface area contributed by atoms with Crippen LogP contribution in [-0.4, -0.2) is 47.2 Å². The van der Waals surface area contributed by atoms with E-state index in [9.17, 15) is 4.79 Å². The summed E-state index contributed by atoms with van der Waals surface area (Å²) >= 11 is 3.40. The molecule has 1 rings (SSSR count). The van der Waals surface area contributed by atoms with E-state index >= 15 is 0 Å². The normalized spacial score (nSPS) is 24.6. The molecular weight excluding hydrogens is 286 g/mol. The lowest BCUT2D eigenvalue weighted by atomic mass is 9.92. The van der Waals surface area contributed by atoms with Crippen molar-refractivity contribution in [3.05, 3.63) is 0 Å². The van der Waals surface area contributed by atoms with Crippen LogP contribution in [0.3, 0.4) is 0 Å². The van der Waals surface area contributed by atoms with Gasteiger partial charge in [-0.05, 0) is 38.5 Å². The Hall–Kier alpha value is -0.290. The second-order valence-electron chi connectivity index (χ2n) is 4.59. The van der Waals surface area contributed by atoms with E-state index in [1.807, 2.05) is 0 Å². The molecule has 0 unspecified atom stereocenters. The fraction of sp³-hybridized carbons (Fsp3) is 0.917. The molecule has 0 atom stereocenters. The standard InChI is InChI=1S/C12H22BrNO3/c1-14(12(15)16)10-4-6-11(7-5-10)17-9-3-2-8-13/h10-11H,2-9H2,1H3,(H,15,16). The Bertz CT molecular complexity index is 230. The summed E-state index contributed by atoms with van der Waals surface area (Å²) in [6.45, 7) is 0.829. The van der Waals surface area contributed by atoms with Gasteiger partial charge in [0.05, 0.1) is 6.10 Å². The quantitative estimate of drug-likeness (QED) is 0.606. The molecule has 0 aliphatic heterocycles. The molecule has 0 bridgehead atoms. The molecule has 1 amide bonds. The van der Waals surface area contributed by atoms with E-state index in [2.05, 4.69) is 15.9 Å². The number of nitrogens with zero attached hydrogens (tertiary/aromatic N) is 1. The average Bonchev–Trinajstić information content (AvgIpc) is 2.34. The van der Waals surface area contributed by atoms with E-state index < -0.39 is 6.09 Å². The van der Waals surface area contributed by atoms with Crippen molar-refractivity contribution in [2.75, 3.05) is 19.0 Å². The molecule has 0 heterocycles. The van der Waals surface area contributed by atoms with Gasteiger partial charge in [0.25, 0.3) is 0 Å². The molecule has 1 aliphatic rings. The molecule has 1 N–H and O–H groups in total. The molecule has 0 aromatic heterocycles. The van der Waals surface area contributed by atoms with Crippen LogP contribution in [-0.2, 0) is 4.74 Å². The molecule has 1 saturated carbocycles. The largest absolute Gasteiger partial charge is 0.465 e. The van der Waals surface area contributed by atoms with Gasteiger partial charge in [-0.1, -0.05) is 15.9 Å². The van der Waals surface area contributed by atoms with E-state index in [4.69, 9.17) is 9.84 Å². The van der Waals surface area contributed by atoms with Crippen LogP contribution >= 0.6 is 15.9 Å². The molecule has 0 aromatic carbocycles. The second-order valence-corrected chi connectivity index (χ2v) is 5.38. The number of alkyl halides is 1. The third-order valence-corrected chi connectivity index (χ3v) is 3.94. The summed E-state index contributed by atoms with van der Waals surface area (Å²) in [5.74, 6) is 0. The van der Waals surface area contributed by atoms with Crippen LogP contribution in [0.2, 0.25) is 0 Å². The SMILES string of the molecule is CN(C(=O)O)C1CCC(OCCCCBr)CC1. The summed E-state index contributed by atoms with van der Waals surface area (Å²) in [4.78, 5) is 12.2. The monoisotopic (exact) mass is 307 g/mol. The average molecular weight is 308 g/mol. The smallest absolute Gasteiger partial charge is 0.407 e. The molecular formula is C12H22BrNO3. The van der Waals surface area contributed by atoms with Gasteiger partial charge in [-0.2, -0.15) is 0 Å². The molecule has 17 heavy (non-hydrogen) atoms. The minimum Gasteiger partial charge on any atom is -0.465 e. The number of halogens is 1. The molecule has 1 fully saturated rings. The van der Waals surface area contributed by atoms with Crippen molar-refractivity contribution in [2.24, 2.45) is 0 Å². The van der Waals surface area contributed by atoms with Gasteiger partial charge in [0.1, 0.15) is 0 Å². The summed E-state index contributed by atoms with van der Waals surface area (Å²) in [6, 6.07) is 0.176. The predicted octanol–water partition coefficient (Wildman–Crippen LogP) is 3.10. The maximum Gasteiger partial charge on any atom is 0.407 e. The lowest BCUT2D eigenvalue weighted by Crippen LogP contribution is -2.39. The van der Waals surface area contributed by atoms with Crippen LogP contribution in [0.4, 0.5) is 4.79 Å². The Morgan fingerprint density at radius 3 is 2.53 bits per heavy atom. The lowest BCUT2D eigenvalue weighted by molar-refractivity contribution is 0.0106. The number of rotatable bonds is 6. The van der Waals surface area contributed by atoms with Gasteiger partial charge in [0.15, 0.2) is 0 Å². The first kappa shape index (κ1) is 14.8. The van der Waals surface area contributed by atoms with Gasteiger partial charge < -0.3 is 14.7 Å². The molecule has 5 heteroatoms. The predicted molar refractivity (Wildman–Crippen MR) is 70.8 cm³/mol. The number of hydrogen-bond acceptors (Lipinski definition) is 2. The van der Waals surface area contributed by atoms with Crippen LogP contribution in [0.1, 0.15) is 38.5 Å². The zero-order valence-electron chi connectivity index (χ0n) is 10.4. The maximum atomic E-state index is 10.8. The molecule has 1 aliphatic carbocycles. The number of carboxylic acid groups (broad SMARTS) is 1. The van der Waals surface area contributed by atoms with Crippen molar-refractivity contribution in [3.63, 3.8) is 0 Å². The first-order valence-electron chi connectivity index (χ1n) is 6.28. The first-order chi connectivity index (χ1) is 8.15. The number of ether oxygens (including phenoxy) is 1. The van der Waals surface area contributed by atoms with Crippen LogP contribution < -0.4 is 0 Å². The summed E-state index contributed by atoms with van der Waals surface area (Å²) in [5.41, 5.74) is 0. The Kier molecular flexibility index (Phi) is 6.89. The third kappa shape index (κ3) is 5.25. The Labute approximate surface area is 111 Å². The van der Waals surface area contributed by atoms with Gasteiger partial charge >= 0.3 is 6.09 Å². The molecule has 0 saturated heterocycles. The highest BCUT2D eigenvalue weighted by Gasteiger charge is 2.26. The molecule has 4 nitrogen and oxygen atoms in total. The van der Waals surface area contributed by atoms with Crippen LogP contribution in [0.25, 0.3) is 0 Å². The van der Waals surface area contributed by atoms with Gasteiger partial charge in [-0.25, -0.2) is 4.79 Å². The van der Waals surface area contributed by atoms with Crippen LogP contribution in [0.15, 0.2) is 0 Å². The van der Waals surface area contributed by atoms with E-state index in [-0.39, 0.29) is 6.04 Å².